The molecule has 0 aliphatic carbocycles. The normalized spacial score (nSPS) is 21.9. The summed E-state index contributed by atoms with van der Waals surface area (Å²) >= 11 is 1.84. The molecule has 3 heterocycles. The number of nitrogens with zero attached hydrogens (tertiary/aromatic N) is 5. The maximum Gasteiger partial charge on any atom is 0.290 e. The number of anilines is 1. The molecule has 1 aromatic heterocycles. The molecule has 0 aromatic carbocycles. The fraction of sp³-hybridized carbons (Fsp3) is 0.571. The van der Waals surface area contributed by atoms with Crippen molar-refractivity contribution in [2.24, 2.45) is 4.99 Å². The highest BCUT2D eigenvalue weighted by Crippen LogP contribution is 2.25. The van der Waals surface area contributed by atoms with Gasteiger partial charge < -0.3 is 9.80 Å². The molecule has 1 saturated heterocycles. The highest BCUT2D eigenvalue weighted by atomic mass is 32.2. The van der Waals surface area contributed by atoms with E-state index in [1.54, 1.807) is 13.0 Å². The van der Waals surface area contributed by atoms with Crippen LogP contribution in [0.2, 0.25) is 0 Å². The van der Waals surface area contributed by atoms with Crippen molar-refractivity contribution in [2.75, 3.05) is 37.6 Å². The fourth-order valence-electron chi connectivity index (χ4n) is 2.66. The summed E-state index contributed by atoms with van der Waals surface area (Å²) in [6, 6.07) is 1.80. The topological polar surface area (TPSA) is 74.9 Å². The Hall–Kier alpha value is -1.83. The van der Waals surface area contributed by atoms with E-state index in [4.69, 9.17) is 0 Å². The first-order valence-corrected chi connectivity index (χ1v) is 8.24. The second kappa shape index (κ2) is 6.12. The summed E-state index contributed by atoms with van der Waals surface area (Å²) in [7, 11) is 0. The zero-order valence-corrected chi connectivity index (χ0v) is 13.5. The van der Waals surface area contributed by atoms with Crippen LogP contribution in [-0.2, 0) is 0 Å². The molecule has 0 amide bonds. The van der Waals surface area contributed by atoms with Gasteiger partial charge in [0.25, 0.3) is 5.69 Å². The average Bonchev–Trinajstić information content (AvgIpc) is 2.93. The van der Waals surface area contributed by atoms with Gasteiger partial charge in [-0.25, -0.2) is 4.98 Å². The molecule has 0 bridgehead atoms. The molecule has 1 unspecified atom stereocenters. The van der Waals surface area contributed by atoms with Crippen molar-refractivity contribution in [3.63, 3.8) is 0 Å². The van der Waals surface area contributed by atoms with Crippen LogP contribution in [0.1, 0.15) is 12.5 Å². The van der Waals surface area contributed by atoms with Gasteiger partial charge in [0, 0.05) is 37.0 Å². The van der Waals surface area contributed by atoms with Gasteiger partial charge in [0.15, 0.2) is 5.17 Å². The minimum atomic E-state index is -0.388. The van der Waals surface area contributed by atoms with E-state index < -0.39 is 0 Å². The first-order valence-electron chi connectivity index (χ1n) is 7.36. The van der Waals surface area contributed by atoms with Crippen LogP contribution in [-0.4, -0.2) is 57.9 Å². The highest BCUT2D eigenvalue weighted by molar-refractivity contribution is 8.14. The second-order valence-electron chi connectivity index (χ2n) is 5.61. The molecule has 0 radical (unpaired) electrons. The maximum absolute atomic E-state index is 10.9. The van der Waals surface area contributed by atoms with Crippen LogP contribution in [0.15, 0.2) is 17.3 Å². The van der Waals surface area contributed by atoms with Crippen molar-refractivity contribution in [1.82, 2.24) is 9.88 Å². The first-order chi connectivity index (χ1) is 10.5. The van der Waals surface area contributed by atoms with Crippen molar-refractivity contribution in [2.45, 2.75) is 19.1 Å². The molecule has 0 saturated carbocycles. The van der Waals surface area contributed by atoms with Crippen LogP contribution in [0.5, 0.6) is 0 Å². The summed E-state index contributed by atoms with van der Waals surface area (Å²) in [4.78, 5) is 23.8. The third kappa shape index (κ3) is 3.01. The van der Waals surface area contributed by atoms with Gasteiger partial charge >= 0.3 is 0 Å². The van der Waals surface area contributed by atoms with Crippen molar-refractivity contribution < 1.29 is 4.92 Å². The average molecular weight is 321 g/mol. The van der Waals surface area contributed by atoms with Crippen molar-refractivity contribution in [3.8, 4) is 0 Å². The minimum absolute atomic E-state index is 0.0769. The van der Waals surface area contributed by atoms with Gasteiger partial charge in [-0.05, 0) is 13.0 Å². The van der Waals surface area contributed by atoms with Gasteiger partial charge in [0.1, 0.15) is 12.0 Å². The Bertz CT molecular complexity index is 613. The highest BCUT2D eigenvalue weighted by Gasteiger charge is 2.25. The molecule has 3 rings (SSSR count). The quantitative estimate of drug-likeness (QED) is 0.612. The molecule has 2 aliphatic heterocycles. The monoisotopic (exact) mass is 321 g/mol. The maximum atomic E-state index is 10.9. The Morgan fingerprint density at radius 3 is 2.55 bits per heavy atom. The molecule has 1 atom stereocenters. The Balaban J connectivity index is 1.64. The van der Waals surface area contributed by atoms with Crippen LogP contribution >= 0.6 is 11.8 Å². The van der Waals surface area contributed by atoms with Gasteiger partial charge in [-0.2, -0.15) is 0 Å². The first kappa shape index (κ1) is 15.1. The van der Waals surface area contributed by atoms with Crippen molar-refractivity contribution in [1.29, 1.82) is 0 Å². The largest absolute Gasteiger partial charge is 0.353 e. The Morgan fingerprint density at radius 1 is 1.32 bits per heavy atom. The van der Waals surface area contributed by atoms with E-state index in [2.05, 4.69) is 26.7 Å². The number of piperazine rings is 1. The molecule has 1 fully saturated rings. The van der Waals surface area contributed by atoms with Gasteiger partial charge in [-0.1, -0.05) is 18.7 Å². The van der Waals surface area contributed by atoms with Crippen LogP contribution in [0.25, 0.3) is 0 Å². The van der Waals surface area contributed by atoms with Crippen LogP contribution in [0.3, 0.4) is 0 Å². The summed E-state index contributed by atoms with van der Waals surface area (Å²) in [6.45, 7) is 8.40. The molecule has 1 aromatic rings. The zero-order chi connectivity index (χ0) is 15.7. The third-order valence-corrected chi connectivity index (χ3v) is 5.08. The van der Waals surface area contributed by atoms with Gasteiger partial charge in [0.05, 0.1) is 11.5 Å². The van der Waals surface area contributed by atoms with Crippen LogP contribution in [0.4, 0.5) is 11.5 Å². The van der Waals surface area contributed by atoms with Crippen LogP contribution < -0.4 is 4.90 Å². The lowest BCUT2D eigenvalue weighted by Gasteiger charge is -2.36. The van der Waals surface area contributed by atoms with E-state index in [9.17, 15) is 10.1 Å². The van der Waals surface area contributed by atoms with E-state index in [-0.39, 0.29) is 10.6 Å². The zero-order valence-electron chi connectivity index (χ0n) is 12.7. The fourth-order valence-corrected chi connectivity index (χ4v) is 3.65. The van der Waals surface area contributed by atoms with E-state index in [0.29, 0.717) is 10.8 Å². The molecule has 8 heteroatoms. The second-order valence-corrected chi connectivity index (χ2v) is 7.02. The third-order valence-electron chi connectivity index (χ3n) is 3.93. The SMILES string of the molecule is Cc1cc(N2CCN(C3=NCC(C)S3)CC2)ncc1[N+](=O)[O-]. The number of aromatic nitrogens is 1. The molecular weight excluding hydrogens is 302 g/mol. The number of nitro groups is 1. The molecule has 7 nitrogen and oxygen atoms in total. The lowest BCUT2D eigenvalue weighted by molar-refractivity contribution is -0.385. The Kier molecular flexibility index (Phi) is 4.19. The number of rotatable bonds is 2. The number of amidine groups is 1. The van der Waals surface area contributed by atoms with E-state index in [0.717, 1.165) is 43.7 Å². The summed E-state index contributed by atoms with van der Waals surface area (Å²) in [5, 5.41) is 12.6. The number of aryl methyl sites for hydroxylation is 1. The van der Waals surface area contributed by atoms with E-state index in [1.165, 1.54) is 6.20 Å². The predicted molar refractivity (Wildman–Crippen MR) is 88.8 cm³/mol. The summed E-state index contributed by atoms with van der Waals surface area (Å²) < 4.78 is 0. The van der Waals surface area contributed by atoms with Gasteiger partial charge in [-0.15, -0.1) is 0 Å². The van der Waals surface area contributed by atoms with Gasteiger partial charge in [-0.3, -0.25) is 15.1 Å². The van der Waals surface area contributed by atoms with E-state index in [1.807, 2.05) is 11.8 Å². The molecule has 0 N–H and O–H groups in total. The molecule has 2 aliphatic rings. The number of hydrogen-bond donors (Lipinski definition) is 0. The predicted octanol–water partition coefficient (Wildman–Crippen LogP) is 1.91. The number of aliphatic imine (C=N–C) groups is 1. The standard InChI is InChI=1S/C14H19N5O2S/c1-10-7-13(15-9-12(10)19(20)21)17-3-5-18(6-4-17)14-16-8-11(2)22-14/h7,9,11H,3-6,8H2,1-2H3. The minimum Gasteiger partial charge on any atom is -0.353 e. The number of pyridine rings is 1. The van der Waals surface area contributed by atoms with Gasteiger partial charge in [0.2, 0.25) is 0 Å². The Morgan fingerprint density at radius 2 is 2.00 bits per heavy atom. The summed E-state index contributed by atoms with van der Waals surface area (Å²) in [5.41, 5.74) is 0.732. The number of thioether (sulfide) groups is 1. The summed E-state index contributed by atoms with van der Waals surface area (Å²) in [5.74, 6) is 0.817. The van der Waals surface area contributed by atoms with Crippen molar-refractivity contribution in [3.05, 3.63) is 27.9 Å². The summed E-state index contributed by atoms with van der Waals surface area (Å²) in [6.07, 6.45) is 1.36. The molecule has 118 valence electrons. The van der Waals surface area contributed by atoms with Crippen molar-refractivity contribution >= 4 is 28.4 Å². The molecule has 0 spiro atoms. The van der Waals surface area contributed by atoms with E-state index >= 15 is 0 Å². The Labute approximate surface area is 133 Å². The lowest BCUT2D eigenvalue weighted by Crippen LogP contribution is -2.48. The molecule has 22 heavy (non-hydrogen) atoms. The smallest absolute Gasteiger partial charge is 0.290 e. The van der Waals surface area contributed by atoms with Crippen LogP contribution in [0, 0.1) is 17.0 Å². The number of hydrogen-bond acceptors (Lipinski definition) is 7. The lowest BCUT2D eigenvalue weighted by atomic mass is 10.2. The molecular formula is C14H19N5O2S.